The molecule has 2 aliphatic carbocycles. The van der Waals surface area contributed by atoms with Crippen molar-refractivity contribution >= 4 is 38.4 Å². The van der Waals surface area contributed by atoms with Crippen molar-refractivity contribution in [2.24, 2.45) is 0 Å². The first kappa shape index (κ1) is 17.8. The van der Waals surface area contributed by atoms with Crippen LogP contribution in [0.15, 0.2) is 85.5 Å². The van der Waals surface area contributed by atoms with Gasteiger partial charge in [-0.25, -0.2) is 4.98 Å². The van der Waals surface area contributed by atoms with Gasteiger partial charge in [-0.05, 0) is 87.0 Å². The van der Waals surface area contributed by atoms with Gasteiger partial charge in [0, 0.05) is 23.2 Å². The highest BCUT2D eigenvalue weighted by atomic mass is 15.0. The Hall–Kier alpha value is -4.57. The van der Waals surface area contributed by atoms with Crippen LogP contribution in [0.3, 0.4) is 0 Å². The molecule has 4 heterocycles. The molecule has 35 heavy (non-hydrogen) atoms. The first-order valence-electron chi connectivity index (χ1n) is 12.0. The molecule has 9 rings (SSSR count). The molecule has 0 saturated carbocycles. The smallest absolute Gasteiger partial charge is 0.146 e. The predicted molar refractivity (Wildman–Crippen MR) is 140 cm³/mol. The predicted octanol–water partition coefficient (Wildman–Crippen LogP) is 6.73. The maximum atomic E-state index is 5.03. The zero-order chi connectivity index (χ0) is 22.7. The second kappa shape index (κ2) is 6.10. The van der Waals surface area contributed by atoms with Crippen molar-refractivity contribution in [1.29, 1.82) is 0 Å². The molecule has 0 bridgehead atoms. The van der Waals surface area contributed by atoms with E-state index in [2.05, 4.69) is 69.0 Å². The molecule has 162 valence electrons. The molecule has 4 aromatic heterocycles. The topological polar surface area (TPSA) is 43.1 Å². The van der Waals surface area contributed by atoms with Crippen LogP contribution < -0.4 is 0 Å². The van der Waals surface area contributed by atoms with Crippen LogP contribution in [0.25, 0.3) is 60.6 Å². The molecule has 3 aromatic carbocycles. The standard InChI is InChI=1S/C31H18N4/c1-2-4-20-17(3-1)12-25-21(20)6-5-18-11-19-13-26-24(14-23(19)30(18)25)22-7-9-33-16-29(22)35-28-8-10-32-15-27(28)34-31(26)35/h1-10,13-16H,11-12H2. The van der Waals surface area contributed by atoms with Crippen molar-refractivity contribution in [2.45, 2.75) is 12.8 Å². The van der Waals surface area contributed by atoms with E-state index in [1.54, 1.807) is 0 Å². The number of imidazole rings is 1. The molecule has 0 N–H and O–H groups in total. The Balaban J connectivity index is 1.41. The van der Waals surface area contributed by atoms with Gasteiger partial charge in [-0.2, -0.15) is 0 Å². The first-order chi connectivity index (χ1) is 17.3. The van der Waals surface area contributed by atoms with Crippen LogP contribution in [0.5, 0.6) is 0 Å². The summed E-state index contributed by atoms with van der Waals surface area (Å²) in [5, 5.41) is 3.62. The van der Waals surface area contributed by atoms with E-state index in [9.17, 15) is 0 Å². The summed E-state index contributed by atoms with van der Waals surface area (Å²) in [5.74, 6) is 0. The summed E-state index contributed by atoms with van der Waals surface area (Å²) in [5.41, 5.74) is 15.3. The van der Waals surface area contributed by atoms with Crippen molar-refractivity contribution < 1.29 is 0 Å². The lowest BCUT2D eigenvalue weighted by atomic mass is 9.93. The molecule has 2 aliphatic rings. The number of rotatable bonds is 0. The Labute approximate surface area is 200 Å². The monoisotopic (exact) mass is 446 g/mol. The van der Waals surface area contributed by atoms with Gasteiger partial charge in [0.05, 0.1) is 23.4 Å². The van der Waals surface area contributed by atoms with Gasteiger partial charge in [-0.15, -0.1) is 0 Å². The quantitative estimate of drug-likeness (QED) is 0.243. The highest BCUT2D eigenvalue weighted by Crippen LogP contribution is 2.49. The molecule has 0 saturated heterocycles. The molecule has 4 nitrogen and oxygen atoms in total. The van der Waals surface area contributed by atoms with E-state index in [1.165, 1.54) is 60.7 Å². The van der Waals surface area contributed by atoms with E-state index in [4.69, 9.17) is 4.98 Å². The van der Waals surface area contributed by atoms with E-state index >= 15 is 0 Å². The maximum absolute atomic E-state index is 5.03. The first-order valence-corrected chi connectivity index (χ1v) is 12.0. The summed E-state index contributed by atoms with van der Waals surface area (Å²) in [4.78, 5) is 13.8. The zero-order valence-corrected chi connectivity index (χ0v) is 18.8. The van der Waals surface area contributed by atoms with Gasteiger partial charge in [0.25, 0.3) is 0 Å². The van der Waals surface area contributed by atoms with Crippen LogP contribution >= 0.6 is 0 Å². The average molecular weight is 447 g/mol. The average Bonchev–Trinajstić information content (AvgIpc) is 3.58. The molecule has 7 aromatic rings. The second-order valence-electron chi connectivity index (χ2n) is 9.72. The van der Waals surface area contributed by atoms with Gasteiger partial charge in [-0.1, -0.05) is 36.4 Å². The third-order valence-electron chi connectivity index (χ3n) is 8.00. The van der Waals surface area contributed by atoms with Gasteiger partial charge >= 0.3 is 0 Å². The lowest BCUT2D eigenvalue weighted by Crippen LogP contribution is -1.94. The van der Waals surface area contributed by atoms with Crippen molar-refractivity contribution in [3.63, 3.8) is 0 Å². The molecule has 4 heteroatoms. The summed E-state index contributed by atoms with van der Waals surface area (Å²) in [6.07, 6.45) is 9.50. The van der Waals surface area contributed by atoms with E-state index in [-0.39, 0.29) is 0 Å². The van der Waals surface area contributed by atoms with E-state index in [0.717, 1.165) is 35.0 Å². The van der Waals surface area contributed by atoms with Gasteiger partial charge in [0.2, 0.25) is 0 Å². The molecule has 0 spiro atoms. The Kier molecular flexibility index (Phi) is 3.11. The fourth-order valence-corrected chi connectivity index (χ4v) is 6.53. The normalized spacial score (nSPS) is 13.5. The molecule has 0 aliphatic heterocycles. The number of fused-ring (bicyclic) bond motifs is 15. The van der Waals surface area contributed by atoms with E-state index in [1.807, 2.05) is 30.9 Å². The van der Waals surface area contributed by atoms with Gasteiger partial charge < -0.3 is 0 Å². The number of pyridine rings is 3. The molecule has 0 fully saturated rings. The van der Waals surface area contributed by atoms with Crippen LogP contribution in [0, 0.1) is 0 Å². The van der Waals surface area contributed by atoms with Gasteiger partial charge in [-0.3, -0.25) is 14.4 Å². The Morgan fingerprint density at radius 2 is 1.54 bits per heavy atom. The summed E-state index contributed by atoms with van der Waals surface area (Å²) in [6, 6.07) is 22.5. The highest BCUT2D eigenvalue weighted by Gasteiger charge is 2.29. The molecular formula is C31H18N4. The third-order valence-corrected chi connectivity index (χ3v) is 8.00. The highest BCUT2D eigenvalue weighted by molar-refractivity contribution is 6.15. The maximum Gasteiger partial charge on any atom is 0.146 e. The minimum atomic E-state index is 0.907. The Morgan fingerprint density at radius 1 is 0.629 bits per heavy atom. The van der Waals surface area contributed by atoms with Gasteiger partial charge in [0.15, 0.2) is 0 Å². The van der Waals surface area contributed by atoms with Gasteiger partial charge in [0.1, 0.15) is 11.2 Å². The SMILES string of the molecule is c1ccc2c(c1)Cc1c-2ccc2c1-c1cc3c4ccncc4n4c5ccncc5nc4c3cc1C2. The molecule has 0 unspecified atom stereocenters. The number of benzene rings is 3. The van der Waals surface area contributed by atoms with Crippen molar-refractivity contribution in [3.05, 3.63) is 108 Å². The van der Waals surface area contributed by atoms with Crippen LogP contribution in [0.4, 0.5) is 0 Å². The van der Waals surface area contributed by atoms with E-state index in [0.29, 0.717) is 0 Å². The minimum absolute atomic E-state index is 0.907. The Bertz CT molecular complexity index is 2070. The van der Waals surface area contributed by atoms with Crippen LogP contribution in [-0.2, 0) is 12.8 Å². The van der Waals surface area contributed by atoms with E-state index < -0.39 is 0 Å². The summed E-state index contributed by atoms with van der Waals surface area (Å²) >= 11 is 0. The lowest BCUT2D eigenvalue weighted by Gasteiger charge is -2.12. The molecule has 0 radical (unpaired) electrons. The summed E-state index contributed by atoms with van der Waals surface area (Å²) in [7, 11) is 0. The van der Waals surface area contributed by atoms with Crippen LogP contribution in [0.2, 0.25) is 0 Å². The second-order valence-corrected chi connectivity index (χ2v) is 9.72. The fourth-order valence-electron chi connectivity index (χ4n) is 6.53. The van der Waals surface area contributed by atoms with Crippen LogP contribution in [-0.4, -0.2) is 19.4 Å². The summed E-state index contributed by atoms with van der Waals surface area (Å²) < 4.78 is 2.24. The third kappa shape index (κ3) is 2.15. The number of nitrogens with zero attached hydrogens (tertiary/aromatic N) is 4. The number of aromatic nitrogens is 4. The van der Waals surface area contributed by atoms with Crippen molar-refractivity contribution in [3.8, 4) is 22.3 Å². The largest absolute Gasteiger partial charge is 0.290 e. The van der Waals surface area contributed by atoms with Crippen LogP contribution in [0.1, 0.15) is 22.3 Å². The fraction of sp³-hybridized carbons (Fsp3) is 0.0645. The molecule has 0 amide bonds. The van der Waals surface area contributed by atoms with Crippen molar-refractivity contribution in [2.75, 3.05) is 0 Å². The Morgan fingerprint density at radius 3 is 2.54 bits per heavy atom. The molecule has 0 atom stereocenters. The molecular weight excluding hydrogens is 428 g/mol. The lowest BCUT2D eigenvalue weighted by molar-refractivity contribution is 1.23. The zero-order valence-electron chi connectivity index (χ0n) is 18.8. The van der Waals surface area contributed by atoms with Crippen molar-refractivity contribution in [1.82, 2.24) is 19.4 Å². The summed E-state index contributed by atoms with van der Waals surface area (Å²) in [6.45, 7) is 0. The number of hydrogen-bond acceptors (Lipinski definition) is 3. The minimum Gasteiger partial charge on any atom is -0.290 e. The number of hydrogen-bond donors (Lipinski definition) is 0.